The number of carbonyl (C=O) groups is 2. The minimum Gasteiger partial charge on any atom is -0.698 e. The van der Waals surface area contributed by atoms with Gasteiger partial charge in [0.25, 0.3) is 0 Å². The summed E-state index contributed by atoms with van der Waals surface area (Å²) in [5, 5.41) is 16.9. The maximum atomic E-state index is 10.3. The summed E-state index contributed by atoms with van der Waals surface area (Å²) >= 11 is 0. The molecule has 112 valence electrons. The van der Waals surface area contributed by atoms with Crippen molar-refractivity contribution in [3.8, 4) is 0 Å². The molecule has 0 aliphatic heterocycles. The molecule has 0 aliphatic rings. The largest absolute Gasteiger partial charge is 2.00 e. The molecule has 0 aromatic heterocycles. The van der Waals surface area contributed by atoms with Crippen LogP contribution in [0.4, 0.5) is 11.4 Å². The van der Waals surface area contributed by atoms with E-state index in [1.54, 1.807) is 24.3 Å². The van der Waals surface area contributed by atoms with Gasteiger partial charge < -0.3 is 21.7 Å². The SMILES string of the molecule is [NH-]c1ccccc1C(=O)O.[NH-]c1ccccc1C(=O)O.[Ni+2]. The first-order valence-corrected chi connectivity index (χ1v) is 5.51. The van der Waals surface area contributed by atoms with Crippen molar-refractivity contribution in [3.63, 3.8) is 0 Å². The van der Waals surface area contributed by atoms with Crippen LogP contribution in [0.1, 0.15) is 20.7 Å². The molecule has 0 saturated carbocycles. The predicted molar refractivity (Wildman–Crippen MR) is 74.8 cm³/mol. The van der Waals surface area contributed by atoms with E-state index in [2.05, 4.69) is 0 Å². The second-order valence-corrected chi connectivity index (χ2v) is 3.70. The first-order valence-electron chi connectivity index (χ1n) is 5.51. The molecule has 4 N–H and O–H groups in total. The van der Waals surface area contributed by atoms with E-state index >= 15 is 0 Å². The van der Waals surface area contributed by atoms with Gasteiger partial charge in [0.05, 0.1) is 0 Å². The minimum atomic E-state index is -1.05. The smallest absolute Gasteiger partial charge is 0.698 e. The monoisotopic (exact) mass is 330 g/mol. The Balaban J connectivity index is 0.000000364. The quantitative estimate of drug-likeness (QED) is 0.803. The minimum absolute atomic E-state index is 0. The molecular weight excluding hydrogens is 319 g/mol. The van der Waals surface area contributed by atoms with Crippen molar-refractivity contribution in [2.24, 2.45) is 0 Å². The molecule has 6 nitrogen and oxygen atoms in total. The van der Waals surface area contributed by atoms with Gasteiger partial charge in [0, 0.05) is 11.1 Å². The standard InChI is InChI=1S/2C7H6NO2.Ni/c2*8-6-4-2-1-3-5(6)7(9)10;/h2*1-4,8H,(H,9,10);/q2*-1;+2. The number of hydrogen-bond acceptors (Lipinski definition) is 2. The molecule has 0 radical (unpaired) electrons. The molecule has 0 aliphatic carbocycles. The van der Waals surface area contributed by atoms with Gasteiger partial charge in [0.15, 0.2) is 0 Å². The number of carboxylic acid groups (broad SMARTS) is 2. The summed E-state index contributed by atoms with van der Waals surface area (Å²) in [5.74, 6) is -2.10. The van der Waals surface area contributed by atoms with Crippen molar-refractivity contribution >= 4 is 23.3 Å². The van der Waals surface area contributed by atoms with Crippen molar-refractivity contribution in [2.45, 2.75) is 0 Å². The number of carboxylic acids is 2. The molecule has 2 aromatic rings. The third kappa shape index (κ3) is 5.54. The third-order valence-corrected chi connectivity index (χ3v) is 2.31. The molecule has 0 atom stereocenters. The zero-order valence-electron chi connectivity index (χ0n) is 10.6. The average Bonchev–Trinajstić information content (AvgIpc) is 2.40. The molecule has 0 amide bonds. The molecule has 0 heterocycles. The van der Waals surface area contributed by atoms with Crippen LogP contribution < -0.4 is 0 Å². The van der Waals surface area contributed by atoms with Crippen molar-refractivity contribution in [1.82, 2.24) is 0 Å². The summed E-state index contributed by atoms with van der Waals surface area (Å²) in [4.78, 5) is 20.6. The topological polar surface area (TPSA) is 122 Å². The second kappa shape index (κ2) is 8.61. The number of hydrogen-bond donors (Lipinski definition) is 2. The molecule has 21 heavy (non-hydrogen) atoms. The number of rotatable bonds is 2. The van der Waals surface area contributed by atoms with Gasteiger partial charge in [-0.3, -0.25) is 0 Å². The summed E-state index contributed by atoms with van der Waals surface area (Å²) in [6.07, 6.45) is 0. The summed E-state index contributed by atoms with van der Waals surface area (Å²) in [6.45, 7) is 0. The van der Waals surface area contributed by atoms with Crippen molar-refractivity contribution in [1.29, 1.82) is 0 Å². The summed E-state index contributed by atoms with van der Waals surface area (Å²) < 4.78 is 0. The Morgan fingerprint density at radius 1 is 0.714 bits per heavy atom. The molecule has 0 saturated heterocycles. The summed E-state index contributed by atoms with van der Waals surface area (Å²) in [5.41, 5.74) is 14.4. The Bertz CT molecular complexity index is 576. The van der Waals surface area contributed by atoms with Crippen LogP contribution in [0.2, 0.25) is 0 Å². The van der Waals surface area contributed by atoms with Crippen molar-refractivity contribution in [3.05, 3.63) is 71.1 Å². The van der Waals surface area contributed by atoms with Crippen LogP contribution >= 0.6 is 0 Å². The Hall–Kier alpha value is -2.53. The van der Waals surface area contributed by atoms with Crippen LogP contribution in [-0.4, -0.2) is 22.2 Å². The fourth-order valence-electron chi connectivity index (χ4n) is 1.34. The normalized spacial score (nSPS) is 8.76. The van der Waals surface area contributed by atoms with Gasteiger partial charge in [-0.2, -0.15) is 0 Å². The van der Waals surface area contributed by atoms with E-state index in [4.69, 9.17) is 21.7 Å². The molecule has 0 fully saturated rings. The van der Waals surface area contributed by atoms with Gasteiger partial charge in [-0.25, -0.2) is 9.59 Å². The maximum Gasteiger partial charge on any atom is 2.00 e. The van der Waals surface area contributed by atoms with Crippen LogP contribution in [0.3, 0.4) is 0 Å². The zero-order valence-corrected chi connectivity index (χ0v) is 11.6. The Labute approximate surface area is 131 Å². The summed E-state index contributed by atoms with van der Waals surface area (Å²) in [7, 11) is 0. The first kappa shape index (κ1) is 18.5. The van der Waals surface area contributed by atoms with E-state index in [9.17, 15) is 9.59 Å². The van der Waals surface area contributed by atoms with E-state index in [0.717, 1.165) is 0 Å². The van der Waals surface area contributed by atoms with E-state index in [1.165, 1.54) is 24.3 Å². The second-order valence-electron chi connectivity index (χ2n) is 3.70. The fraction of sp³-hybridized carbons (Fsp3) is 0. The van der Waals surface area contributed by atoms with E-state index in [1.807, 2.05) is 0 Å². The van der Waals surface area contributed by atoms with E-state index in [-0.39, 0.29) is 39.0 Å². The van der Waals surface area contributed by atoms with E-state index < -0.39 is 11.9 Å². The van der Waals surface area contributed by atoms with E-state index in [0.29, 0.717) is 0 Å². The van der Waals surface area contributed by atoms with Crippen LogP contribution in [0.15, 0.2) is 48.5 Å². The Morgan fingerprint density at radius 3 is 1.19 bits per heavy atom. The zero-order chi connectivity index (χ0) is 15.1. The average molecular weight is 331 g/mol. The molecule has 7 heteroatoms. The number of nitrogens with one attached hydrogen (secondary N) is 2. The van der Waals surface area contributed by atoms with Crippen LogP contribution in [0.5, 0.6) is 0 Å². The molecule has 2 aromatic carbocycles. The summed E-state index contributed by atoms with van der Waals surface area (Å²) in [6, 6.07) is 12.2. The molecular formula is C14H12N2NiO4. The van der Waals surface area contributed by atoms with Gasteiger partial charge in [-0.05, 0) is 12.1 Å². The fourth-order valence-corrected chi connectivity index (χ4v) is 1.34. The van der Waals surface area contributed by atoms with Gasteiger partial charge in [0.2, 0.25) is 0 Å². The Morgan fingerprint density at radius 2 is 1.00 bits per heavy atom. The van der Waals surface area contributed by atoms with Crippen LogP contribution in [0.25, 0.3) is 11.5 Å². The van der Waals surface area contributed by atoms with Crippen LogP contribution in [0, 0.1) is 0 Å². The predicted octanol–water partition coefficient (Wildman–Crippen LogP) is 4.13. The van der Waals surface area contributed by atoms with Gasteiger partial charge in [0.1, 0.15) is 0 Å². The van der Waals surface area contributed by atoms with Gasteiger partial charge in [-0.1, -0.05) is 36.4 Å². The molecule has 0 bridgehead atoms. The maximum absolute atomic E-state index is 10.3. The first-order chi connectivity index (χ1) is 9.43. The molecule has 2 rings (SSSR count). The van der Waals surface area contributed by atoms with Crippen molar-refractivity contribution < 1.29 is 36.3 Å². The van der Waals surface area contributed by atoms with Crippen molar-refractivity contribution in [2.75, 3.05) is 0 Å². The Kier molecular flexibility index (Phi) is 7.57. The third-order valence-electron chi connectivity index (χ3n) is 2.31. The van der Waals surface area contributed by atoms with Gasteiger partial charge >= 0.3 is 28.4 Å². The number of aromatic carboxylic acids is 2. The van der Waals surface area contributed by atoms with Crippen LogP contribution in [-0.2, 0) is 16.5 Å². The molecule has 0 unspecified atom stereocenters. The number of benzene rings is 2. The molecule has 0 spiro atoms. The van der Waals surface area contributed by atoms with Gasteiger partial charge in [-0.15, -0.1) is 11.4 Å².